The molecular weight excluding hydrogens is 442 g/mol. The number of nitrogens with one attached hydrogen (secondary N) is 2. The SMILES string of the molecule is COc1ccccc1[C@H](Nc1ccccn1)c1c(NC(=O)c2ccccc2)sc2c1CCCC2. The van der Waals surface area contributed by atoms with Gasteiger partial charge in [0.25, 0.3) is 5.91 Å². The maximum absolute atomic E-state index is 13.2. The largest absolute Gasteiger partial charge is 0.496 e. The Balaban J connectivity index is 1.64. The molecule has 0 unspecified atom stereocenters. The van der Waals surface area contributed by atoms with E-state index in [4.69, 9.17) is 4.74 Å². The van der Waals surface area contributed by atoms with Crippen LogP contribution in [-0.4, -0.2) is 18.0 Å². The number of anilines is 2. The zero-order valence-electron chi connectivity index (χ0n) is 19.1. The Hall–Kier alpha value is -3.64. The first-order chi connectivity index (χ1) is 16.7. The summed E-state index contributed by atoms with van der Waals surface area (Å²) in [5.74, 6) is 1.47. The van der Waals surface area contributed by atoms with E-state index in [0.29, 0.717) is 5.56 Å². The molecule has 0 spiro atoms. The predicted octanol–water partition coefficient (Wildman–Crippen LogP) is 6.48. The molecule has 34 heavy (non-hydrogen) atoms. The number of amides is 1. The molecule has 5 nitrogen and oxygen atoms in total. The van der Waals surface area contributed by atoms with Crippen molar-refractivity contribution < 1.29 is 9.53 Å². The number of rotatable bonds is 7. The summed E-state index contributed by atoms with van der Waals surface area (Å²) >= 11 is 1.70. The number of benzene rings is 2. The Labute approximate surface area is 203 Å². The summed E-state index contributed by atoms with van der Waals surface area (Å²) in [5.41, 5.74) is 4.10. The maximum Gasteiger partial charge on any atom is 0.256 e. The van der Waals surface area contributed by atoms with Crippen LogP contribution in [0.15, 0.2) is 79.0 Å². The molecule has 0 bridgehead atoms. The van der Waals surface area contributed by atoms with Crippen molar-refractivity contribution in [2.45, 2.75) is 31.7 Å². The van der Waals surface area contributed by atoms with Gasteiger partial charge >= 0.3 is 0 Å². The van der Waals surface area contributed by atoms with Crippen LogP contribution < -0.4 is 15.4 Å². The molecule has 2 aromatic heterocycles. The van der Waals surface area contributed by atoms with Gasteiger partial charge in [0.2, 0.25) is 0 Å². The quantitative estimate of drug-likeness (QED) is 0.325. The number of hydrogen-bond acceptors (Lipinski definition) is 5. The van der Waals surface area contributed by atoms with E-state index < -0.39 is 0 Å². The van der Waals surface area contributed by atoms with E-state index in [1.165, 1.54) is 16.9 Å². The molecule has 0 aliphatic heterocycles. The molecule has 4 aromatic rings. The number of thiophene rings is 1. The standard InChI is InChI=1S/C28H27N3O2S/c1-33-22-15-7-5-13-20(22)26(30-24-17-9-10-18-29-24)25-21-14-6-8-16-23(21)34-28(25)31-27(32)19-11-3-2-4-12-19/h2-5,7,9-13,15,17-18,26H,6,8,14,16H2,1H3,(H,29,30)(H,31,32)/t26-/m0/s1. The summed E-state index contributed by atoms with van der Waals surface area (Å²) in [7, 11) is 1.69. The lowest BCUT2D eigenvalue weighted by Gasteiger charge is -2.25. The third-order valence-electron chi connectivity index (χ3n) is 6.17. The van der Waals surface area contributed by atoms with Crippen molar-refractivity contribution in [3.8, 4) is 5.75 Å². The van der Waals surface area contributed by atoms with Crippen LogP contribution >= 0.6 is 11.3 Å². The average molecular weight is 470 g/mol. The van der Waals surface area contributed by atoms with Gasteiger partial charge in [-0.25, -0.2) is 4.98 Å². The van der Waals surface area contributed by atoms with Crippen LogP contribution in [0.1, 0.15) is 50.8 Å². The molecule has 1 aliphatic carbocycles. The maximum atomic E-state index is 13.2. The van der Waals surface area contributed by atoms with Crippen molar-refractivity contribution in [1.29, 1.82) is 0 Å². The zero-order valence-corrected chi connectivity index (χ0v) is 19.9. The smallest absolute Gasteiger partial charge is 0.256 e. The Morgan fingerprint density at radius 1 is 0.971 bits per heavy atom. The van der Waals surface area contributed by atoms with Crippen molar-refractivity contribution in [2.75, 3.05) is 17.7 Å². The number of pyridine rings is 1. The lowest BCUT2D eigenvalue weighted by Crippen LogP contribution is -2.19. The molecule has 1 amide bonds. The Bertz CT molecular complexity index is 1270. The van der Waals surface area contributed by atoms with Gasteiger partial charge in [0.15, 0.2) is 0 Å². The van der Waals surface area contributed by atoms with Crippen LogP contribution in [0.2, 0.25) is 0 Å². The van der Waals surface area contributed by atoms with E-state index in [-0.39, 0.29) is 11.9 Å². The van der Waals surface area contributed by atoms with Gasteiger partial charge in [-0.3, -0.25) is 4.79 Å². The molecule has 2 aromatic carbocycles. The molecule has 0 fully saturated rings. The lowest BCUT2D eigenvalue weighted by atomic mass is 9.89. The number of para-hydroxylation sites is 1. The van der Waals surface area contributed by atoms with E-state index in [2.05, 4.69) is 21.7 Å². The first-order valence-electron chi connectivity index (χ1n) is 11.6. The number of methoxy groups -OCH3 is 1. The molecular formula is C28H27N3O2S. The average Bonchev–Trinajstić information content (AvgIpc) is 3.26. The lowest BCUT2D eigenvalue weighted by molar-refractivity contribution is 0.102. The molecule has 0 saturated heterocycles. The van der Waals surface area contributed by atoms with Gasteiger partial charge in [0.05, 0.1) is 13.2 Å². The van der Waals surface area contributed by atoms with Crippen LogP contribution in [-0.2, 0) is 12.8 Å². The first kappa shape index (κ1) is 22.2. The summed E-state index contributed by atoms with van der Waals surface area (Å²) in [6.07, 6.45) is 6.13. The molecule has 2 N–H and O–H groups in total. The van der Waals surface area contributed by atoms with E-state index in [9.17, 15) is 4.79 Å². The highest BCUT2D eigenvalue weighted by Gasteiger charge is 2.30. The number of ether oxygens (including phenoxy) is 1. The highest BCUT2D eigenvalue weighted by molar-refractivity contribution is 7.16. The number of aromatic nitrogens is 1. The Morgan fingerprint density at radius 2 is 1.74 bits per heavy atom. The fourth-order valence-corrected chi connectivity index (χ4v) is 5.88. The monoisotopic (exact) mass is 469 g/mol. The van der Waals surface area contributed by atoms with Crippen LogP contribution in [0.4, 0.5) is 10.8 Å². The predicted molar refractivity (Wildman–Crippen MR) is 138 cm³/mol. The normalized spacial score (nSPS) is 13.6. The van der Waals surface area contributed by atoms with E-state index in [1.807, 2.05) is 66.7 Å². The fourth-order valence-electron chi connectivity index (χ4n) is 4.56. The Kier molecular flexibility index (Phi) is 6.58. The van der Waals surface area contributed by atoms with Gasteiger partial charge in [-0.05, 0) is 61.6 Å². The summed E-state index contributed by atoms with van der Waals surface area (Å²) < 4.78 is 5.75. The molecule has 0 radical (unpaired) electrons. The highest BCUT2D eigenvalue weighted by Crippen LogP contribution is 2.46. The number of aryl methyl sites for hydroxylation is 1. The third-order valence-corrected chi connectivity index (χ3v) is 7.39. The summed E-state index contributed by atoms with van der Waals surface area (Å²) in [5, 5.41) is 7.77. The van der Waals surface area contributed by atoms with Crippen LogP contribution in [0.5, 0.6) is 5.75 Å². The van der Waals surface area contributed by atoms with Crippen molar-refractivity contribution in [2.24, 2.45) is 0 Å². The van der Waals surface area contributed by atoms with Crippen LogP contribution in [0.25, 0.3) is 0 Å². The Morgan fingerprint density at radius 3 is 2.53 bits per heavy atom. The summed E-state index contributed by atoms with van der Waals surface area (Å²) in [4.78, 5) is 19.0. The van der Waals surface area contributed by atoms with E-state index >= 15 is 0 Å². The molecule has 0 saturated carbocycles. The topological polar surface area (TPSA) is 63.2 Å². The summed E-state index contributed by atoms with van der Waals surface area (Å²) in [6, 6.07) is 23.0. The number of fused-ring (bicyclic) bond motifs is 1. The third kappa shape index (κ3) is 4.54. The molecule has 5 rings (SSSR count). The highest BCUT2D eigenvalue weighted by atomic mass is 32.1. The minimum atomic E-state index is -0.227. The second-order valence-electron chi connectivity index (χ2n) is 8.31. The number of carbonyl (C=O) groups excluding carboxylic acids is 1. The summed E-state index contributed by atoms with van der Waals surface area (Å²) in [6.45, 7) is 0. The molecule has 6 heteroatoms. The van der Waals surface area contributed by atoms with Crippen molar-refractivity contribution >= 4 is 28.1 Å². The van der Waals surface area contributed by atoms with Crippen LogP contribution in [0.3, 0.4) is 0 Å². The molecule has 1 aliphatic rings. The molecule has 172 valence electrons. The second-order valence-corrected chi connectivity index (χ2v) is 9.41. The number of nitrogens with zero attached hydrogens (tertiary/aromatic N) is 1. The van der Waals surface area contributed by atoms with Gasteiger partial charge in [-0.1, -0.05) is 42.5 Å². The van der Waals surface area contributed by atoms with Crippen molar-refractivity contribution in [1.82, 2.24) is 4.98 Å². The number of carbonyl (C=O) groups is 1. The molecule has 1 atom stereocenters. The second kappa shape index (κ2) is 10.1. The first-order valence-corrected chi connectivity index (χ1v) is 12.4. The van der Waals surface area contributed by atoms with E-state index in [0.717, 1.165) is 47.0 Å². The van der Waals surface area contributed by atoms with Gasteiger partial charge in [-0.2, -0.15) is 0 Å². The zero-order chi connectivity index (χ0) is 23.3. The fraction of sp³-hybridized carbons (Fsp3) is 0.214. The minimum Gasteiger partial charge on any atom is -0.496 e. The molecule has 2 heterocycles. The van der Waals surface area contributed by atoms with Crippen molar-refractivity contribution in [3.05, 3.63) is 106 Å². The van der Waals surface area contributed by atoms with E-state index in [1.54, 1.807) is 24.6 Å². The van der Waals surface area contributed by atoms with Gasteiger partial charge in [0.1, 0.15) is 16.6 Å². The van der Waals surface area contributed by atoms with Gasteiger partial charge in [-0.15, -0.1) is 11.3 Å². The van der Waals surface area contributed by atoms with Crippen LogP contribution in [0, 0.1) is 0 Å². The number of hydrogen-bond donors (Lipinski definition) is 2. The van der Waals surface area contributed by atoms with Gasteiger partial charge in [0, 0.05) is 27.8 Å². The van der Waals surface area contributed by atoms with Crippen molar-refractivity contribution in [3.63, 3.8) is 0 Å². The van der Waals surface area contributed by atoms with Gasteiger partial charge < -0.3 is 15.4 Å². The minimum absolute atomic E-state index is 0.0999.